The zero-order valence-electron chi connectivity index (χ0n) is 14.1. The predicted molar refractivity (Wildman–Crippen MR) is 89.7 cm³/mol. The molecule has 0 bridgehead atoms. The Morgan fingerprint density at radius 1 is 1.21 bits per heavy atom. The quantitative estimate of drug-likeness (QED) is 0.798. The first-order valence-corrected chi connectivity index (χ1v) is 7.77. The van der Waals surface area contributed by atoms with E-state index in [0.29, 0.717) is 18.8 Å². The number of rotatable bonds is 7. The molecular formula is C17H22N4O3. The molecular weight excluding hydrogens is 308 g/mol. The third-order valence-electron chi connectivity index (χ3n) is 3.48. The Hall–Kier alpha value is -2.83. The van der Waals surface area contributed by atoms with Crippen LogP contribution in [-0.2, 0) is 18.4 Å². The van der Waals surface area contributed by atoms with Crippen molar-refractivity contribution in [3.8, 4) is 5.75 Å². The molecule has 1 heterocycles. The summed E-state index contributed by atoms with van der Waals surface area (Å²) in [6.07, 6.45) is 0. The van der Waals surface area contributed by atoms with Crippen molar-refractivity contribution in [2.75, 3.05) is 13.2 Å². The molecule has 0 atom stereocenters. The van der Waals surface area contributed by atoms with Gasteiger partial charge in [0.15, 0.2) is 0 Å². The van der Waals surface area contributed by atoms with Crippen LogP contribution >= 0.6 is 0 Å². The average molecular weight is 330 g/mol. The number of hydrogen-bond acceptors (Lipinski definition) is 4. The van der Waals surface area contributed by atoms with Crippen LogP contribution in [0.1, 0.15) is 28.7 Å². The number of benzene rings is 1. The summed E-state index contributed by atoms with van der Waals surface area (Å²) in [6, 6.07) is 9.17. The van der Waals surface area contributed by atoms with Crippen molar-refractivity contribution in [3.05, 3.63) is 47.3 Å². The van der Waals surface area contributed by atoms with Gasteiger partial charge in [-0.05, 0) is 37.6 Å². The smallest absolute Gasteiger partial charge is 0.272 e. The Bertz CT molecular complexity index is 688. The first-order chi connectivity index (χ1) is 11.5. The van der Waals surface area contributed by atoms with E-state index in [-0.39, 0.29) is 18.4 Å². The Labute approximate surface area is 141 Å². The highest BCUT2D eigenvalue weighted by Crippen LogP contribution is 2.11. The lowest BCUT2D eigenvalue weighted by Crippen LogP contribution is -2.36. The molecule has 0 saturated heterocycles. The maximum absolute atomic E-state index is 11.9. The fourth-order valence-corrected chi connectivity index (χ4v) is 2.06. The molecule has 1 aromatic carbocycles. The van der Waals surface area contributed by atoms with Crippen molar-refractivity contribution in [1.29, 1.82) is 0 Å². The topological polar surface area (TPSA) is 85.3 Å². The van der Waals surface area contributed by atoms with Gasteiger partial charge in [-0.15, -0.1) is 0 Å². The Kier molecular flexibility index (Phi) is 5.95. The largest absolute Gasteiger partial charge is 0.494 e. The van der Waals surface area contributed by atoms with E-state index in [1.165, 1.54) is 0 Å². The van der Waals surface area contributed by atoms with Gasteiger partial charge < -0.3 is 15.4 Å². The molecule has 7 heteroatoms. The second-order valence-electron chi connectivity index (χ2n) is 5.33. The highest BCUT2D eigenvalue weighted by molar-refractivity contribution is 5.94. The fraction of sp³-hybridized carbons (Fsp3) is 0.353. The number of nitrogens with one attached hydrogen (secondary N) is 2. The molecule has 7 nitrogen and oxygen atoms in total. The van der Waals surface area contributed by atoms with Gasteiger partial charge in [-0.1, -0.05) is 12.1 Å². The van der Waals surface area contributed by atoms with E-state index < -0.39 is 0 Å². The highest BCUT2D eigenvalue weighted by Gasteiger charge is 2.12. The van der Waals surface area contributed by atoms with Crippen molar-refractivity contribution in [3.63, 3.8) is 0 Å². The summed E-state index contributed by atoms with van der Waals surface area (Å²) in [4.78, 5) is 23.7. The normalized spacial score (nSPS) is 10.3. The van der Waals surface area contributed by atoms with Crippen LogP contribution in [0, 0.1) is 6.92 Å². The third-order valence-corrected chi connectivity index (χ3v) is 3.48. The van der Waals surface area contributed by atoms with Crippen LogP contribution in [0.4, 0.5) is 0 Å². The molecule has 0 aliphatic carbocycles. The molecule has 0 radical (unpaired) electrons. The summed E-state index contributed by atoms with van der Waals surface area (Å²) in [5, 5.41) is 9.37. The minimum Gasteiger partial charge on any atom is -0.494 e. The van der Waals surface area contributed by atoms with Crippen LogP contribution in [0.3, 0.4) is 0 Å². The monoisotopic (exact) mass is 330 g/mol. The Morgan fingerprint density at radius 2 is 1.92 bits per heavy atom. The van der Waals surface area contributed by atoms with Gasteiger partial charge >= 0.3 is 0 Å². The molecule has 1 aromatic heterocycles. The Balaban J connectivity index is 1.75. The number of aryl methyl sites for hydroxylation is 2. The van der Waals surface area contributed by atoms with Crippen LogP contribution in [0.25, 0.3) is 0 Å². The van der Waals surface area contributed by atoms with E-state index in [1.807, 2.05) is 38.1 Å². The van der Waals surface area contributed by atoms with Gasteiger partial charge in [0.1, 0.15) is 11.4 Å². The number of hydrogen-bond donors (Lipinski definition) is 2. The van der Waals surface area contributed by atoms with Gasteiger partial charge in [-0.2, -0.15) is 5.10 Å². The molecule has 2 amide bonds. The van der Waals surface area contributed by atoms with Crippen LogP contribution in [-0.4, -0.2) is 34.7 Å². The average Bonchev–Trinajstić information content (AvgIpc) is 2.91. The lowest BCUT2D eigenvalue weighted by atomic mass is 10.2. The minimum atomic E-state index is -0.366. The summed E-state index contributed by atoms with van der Waals surface area (Å²) in [7, 11) is 1.76. The summed E-state index contributed by atoms with van der Waals surface area (Å²) < 4.78 is 6.97. The van der Waals surface area contributed by atoms with E-state index in [1.54, 1.807) is 17.8 Å². The predicted octanol–water partition coefficient (Wildman–Crippen LogP) is 1.17. The summed E-state index contributed by atoms with van der Waals surface area (Å²) >= 11 is 0. The molecule has 2 aromatic rings. The van der Waals surface area contributed by atoms with Crippen molar-refractivity contribution in [1.82, 2.24) is 20.4 Å². The van der Waals surface area contributed by atoms with Gasteiger partial charge in [0.2, 0.25) is 5.91 Å². The molecule has 0 aliphatic rings. The second kappa shape index (κ2) is 8.14. The Morgan fingerprint density at radius 3 is 2.50 bits per heavy atom. The summed E-state index contributed by atoms with van der Waals surface area (Å²) in [6.45, 7) is 4.70. The molecule has 128 valence electrons. The number of ether oxygens (including phenoxy) is 1. The van der Waals surface area contributed by atoms with Gasteiger partial charge in [-0.3, -0.25) is 14.3 Å². The van der Waals surface area contributed by atoms with Crippen LogP contribution in [0.15, 0.2) is 30.3 Å². The van der Waals surface area contributed by atoms with Crippen molar-refractivity contribution in [2.24, 2.45) is 7.05 Å². The first-order valence-electron chi connectivity index (χ1n) is 7.77. The number of aromatic nitrogens is 2. The molecule has 0 unspecified atom stereocenters. The molecule has 2 rings (SSSR count). The minimum absolute atomic E-state index is 0.0918. The van der Waals surface area contributed by atoms with Crippen LogP contribution < -0.4 is 15.4 Å². The summed E-state index contributed by atoms with van der Waals surface area (Å²) in [5.41, 5.74) is 2.13. The maximum Gasteiger partial charge on any atom is 0.272 e. The van der Waals surface area contributed by atoms with E-state index in [4.69, 9.17) is 4.74 Å². The number of amides is 2. The van der Waals surface area contributed by atoms with E-state index >= 15 is 0 Å². The van der Waals surface area contributed by atoms with Crippen molar-refractivity contribution < 1.29 is 14.3 Å². The highest BCUT2D eigenvalue weighted by atomic mass is 16.5. The van der Waals surface area contributed by atoms with Gasteiger partial charge in [0, 0.05) is 19.3 Å². The van der Waals surface area contributed by atoms with Crippen LogP contribution in [0.2, 0.25) is 0 Å². The van der Waals surface area contributed by atoms with Crippen LogP contribution in [0.5, 0.6) is 5.75 Å². The summed E-state index contributed by atoms with van der Waals surface area (Å²) in [5.74, 6) is 0.172. The molecule has 2 N–H and O–H groups in total. The van der Waals surface area contributed by atoms with E-state index in [0.717, 1.165) is 17.0 Å². The first kappa shape index (κ1) is 17.5. The zero-order chi connectivity index (χ0) is 17.5. The van der Waals surface area contributed by atoms with Gasteiger partial charge in [-0.25, -0.2) is 0 Å². The number of carbonyl (C=O) groups excluding carboxylic acids is 2. The van der Waals surface area contributed by atoms with Crippen molar-refractivity contribution in [2.45, 2.75) is 20.4 Å². The number of nitrogens with zero attached hydrogens (tertiary/aromatic N) is 2. The molecule has 0 saturated carbocycles. The number of carbonyl (C=O) groups is 2. The lowest BCUT2D eigenvalue weighted by Gasteiger charge is -2.07. The van der Waals surface area contributed by atoms with Gasteiger partial charge in [0.25, 0.3) is 5.91 Å². The molecule has 0 fully saturated rings. The molecule has 24 heavy (non-hydrogen) atoms. The third kappa shape index (κ3) is 4.84. The van der Waals surface area contributed by atoms with Gasteiger partial charge in [0.05, 0.1) is 13.2 Å². The zero-order valence-corrected chi connectivity index (χ0v) is 14.1. The van der Waals surface area contributed by atoms with E-state index in [9.17, 15) is 9.59 Å². The van der Waals surface area contributed by atoms with Crippen molar-refractivity contribution >= 4 is 11.8 Å². The van der Waals surface area contributed by atoms with E-state index in [2.05, 4.69) is 15.7 Å². The lowest BCUT2D eigenvalue weighted by molar-refractivity contribution is -0.120. The standard InChI is InChI=1S/C17H22N4O3/c1-4-24-14-7-5-13(6-8-14)10-18-16(22)11-19-17(23)15-9-12(2)21(3)20-15/h5-9H,4,10-11H2,1-3H3,(H,18,22)(H,19,23). The SMILES string of the molecule is CCOc1ccc(CNC(=O)CNC(=O)c2cc(C)n(C)n2)cc1. The molecule has 0 aliphatic heterocycles. The molecule has 0 spiro atoms. The fourth-order valence-electron chi connectivity index (χ4n) is 2.06. The maximum atomic E-state index is 11.9. The second-order valence-corrected chi connectivity index (χ2v) is 5.33.